The molecule has 0 radical (unpaired) electrons. The molecule has 0 fully saturated rings. The highest BCUT2D eigenvalue weighted by Gasteiger charge is 2.28. The summed E-state index contributed by atoms with van der Waals surface area (Å²) in [6, 6.07) is 10.7. The van der Waals surface area contributed by atoms with E-state index in [0.717, 1.165) is 6.42 Å². The summed E-state index contributed by atoms with van der Waals surface area (Å²) in [6.07, 6.45) is 8.33. The Labute approximate surface area is 244 Å². The van der Waals surface area contributed by atoms with Gasteiger partial charge in [-0.1, -0.05) is 114 Å². The van der Waals surface area contributed by atoms with Gasteiger partial charge in [-0.05, 0) is 125 Å². The molecule has 0 spiro atoms. The highest BCUT2D eigenvalue weighted by atomic mass is 14.3. The summed E-state index contributed by atoms with van der Waals surface area (Å²) in [6.45, 7) is 31.3. The molecule has 39 heavy (non-hydrogen) atoms. The number of hydrogen-bond acceptors (Lipinski definition) is 0. The third kappa shape index (κ3) is 7.40. The summed E-state index contributed by atoms with van der Waals surface area (Å²) < 4.78 is 0. The molecule has 0 aromatic heterocycles. The predicted molar refractivity (Wildman–Crippen MR) is 177 cm³/mol. The molecule has 0 bridgehead atoms. The zero-order valence-corrected chi connectivity index (χ0v) is 28.3. The molecule has 0 nitrogen and oxygen atoms in total. The first-order valence-electron chi connectivity index (χ1n) is 16.9. The molecule has 2 rings (SSSR count). The Kier molecular flexibility index (Phi) is 13.3. The van der Waals surface area contributed by atoms with Gasteiger partial charge in [-0.15, -0.1) is 0 Å². The third-order valence-electron chi connectivity index (χ3n) is 10.6. The minimum Gasteiger partial charge on any atom is -0.0648 e. The van der Waals surface area contributed by atoms with Crippen LogP contribution in [-0.2, 0) is 0 Å². The zero-order chi connectivity index (χ0) is 29.4. The summed E-state index contributed by atoms with van der Waals surface area (Å²) in [7, 11) is 0. The predicted octanol–water partition coefficient (Wildman–Crippen LogP) is 13.3. The molecule has 0 aliphatic rings. The van der Waals surface area contributed by atoms with E-state index in [1.54, 1.807) is 44.5 Å². The van der Waals surface area contributed by atoms with E-state index in [0.29, 0.717) is 41.4 Å². The van der Waals surface area contributed by atoms with Crippen LogP contribution in [0.25, 0.3) is 0 Å². The molecule has 0 saturated heterocycles. The fraction of sp³-hybridized carbons (Fsp3) is 0.692. The summed E-state index contributed by atoms with van der Waals surface area (Å²) in [5, 5.41) is 0. The Morgan fingerprint density at radius 1 is 0.308 bits per heavy atom. The van der Waals surface area contributed by atoms with Crippen LogP contribution in [-0.4, -0.2) is 0 Å². The second-order valence-electron chi connectivity index (χ2n) is 13.0. The van der Waals surface area contributed by atoms with Gasteiger partial charge in [0.25, 0.3) is 0 Å². The van der Waals surface area contributed by atoms with Crippen molar-refractivity contribution in [2.24, 2.45) is 0 Å². The van der Waals surface area contributed by atoms with Gasteiger partial charge < -0.3 is 0 Å². The van der Waals surface area contributed by atoms with E-state index < -0.39 is 0 Å². The molecule has 0 heterocycles. The van der Waals surface area contributed by atoms with Crippen LogP contribution in [0, 0.1) is 0 Å². The van der Waals surface area contributed by atoms with Crippen LogP contribution in [0.15, 0.2) is 24.3 Å². The molecule has 220 valence electrons. The van der Waals surface area contributed by atoms with Crippen molar-refractivity contribution in [2.75, 3.05) is 0 Å². The van der Waals surface area contributed by atoms with E-state index in [1.807, 2.05) is 0 Å². The summed E-state index contributed by atoms with van der Waals surface area (Å²) in [5.74, 6) is 3.98. The maximum atomic E-state index is 2.69. The smallest absolute Gasteiger partial charge is 0.00925 e. The topological polar surface area (TPSA) is 0 Å². The molecule has 6 atom stereocenters. The number of hydrogen-bond donors (Lipinski definition) is 0. The van der Waals surface area contributed by atoms with Crippen LogP contribution in [0.5, 0.6) is 0 Å². The average molecular weight is 533 g/mol. The monoisotopic (exact) mass is 533 g/mol. The molecule has 0 saturated carbocycles. The van der Waals surface area contributed by atoms with Crippen LogP contribution >= 0.6 is 0 Å². The van der Waals surface area contributed by atoms with Gasteiger partial charge in [-0.25, -0.2) is 0 Å². The maximum absolute atomic E-state index is 2.69. The van der Waals surface area contributed by atoms with Gasteiger partial charge in [0, 0.05) is 5.92 Å². The lowest BCUT2D eigenvalue weighted by Gasteiger charge is -2.32. The number of benzene rings is 2. The first-order valence-corrected chi connectivity index (χ1v) is 16.9. The lowest BCUT2D eigenvalue weighted by Crippen LogP contribution is -2.15. The first kappa shape index (κ1) is 33.6. The fourth-order valence-corrected chi connectivity index (χ4v) is 6.43. The van der Waals surface area contributed by atoms with E-state index in [9.17, 15) is 0 Å². The maximum Gasteiger partial charge on any atom is 0.00925 e. The van der Waals surface area contributed by atoms with Gasteiger partial charge in [0.05, 0.1) is 0 Å². The Bertz CT molecular complexity index is 945. The van der Waals surface area contributed by atoms with Crippen molar-refractivity contribution < 1.29 is 0 Å². The lowest BCUT2D eigenvalue weighted by molar-refractivity contribution is 0.638. The Balaban J connectivity index is 3.01. The van der Waals surface area contributed by atoms with Crippen LogP contribution in [0.4, 0.5) is 0 Å². The van der Waals surface area contributed by atoms with E-state index in [4.69, 9.17) is 0 Å². The van der Waals surface area contributed by atoms with Crippen molar-refractivity contribution in [1.82, 2.24) is 0 Å². The van der Waals surface area contributed by atoms with Gasteiger partial charge in [-0.3, -0.25) is 0 Å². The molecule has 6 unspecified atom stereocenters. The van der Waals surface area contributed by atoms with Gasteiger partial charge >= 0.3 is 0 Å². The molecular weight excluding hydrogens is 468 g/mol. The summed E-state index contributed by atoms with van der Waals surface area (Å²) in [4.78, 5) is 0. The summed E-state index contributed by atoms with van der Waals surface area (Å²) >= 11 is 0. The van der Waals surface area contributed by atoms with Gasteiger partial charge in [0.2, 0.25) is 0 Å². The zero-order valence-electron chi connectivity index (χ0n) is 28.3. The highest BCUT2D eigenvalue weighted by molar-refractivity contribution is 5.52. The van der Waals surface area contributed by atoms with Gasteiger partial charge in [0.15, 0.2) is 0 Å². The molecule has 0 amide bonds. The first-order chi connectivity index (χ1) is 18.5. The minimum atomic E-state index is 0.445. The van der Waals surface area contributed by atoms with E-state index in [1.165, 1.54) is 38.5 Å². The van der Waals surface area contributed by atoms with Crippen molar-refractivity contribution in [2.45, 2.75) is 176 Å². The van der Waals surface area contributed by atoms with E-state index >= 15 is 0 Å². The minimum absolute atomic E-state index is 0.445. The SMILES string of the molecule is CCC(C)c1cc(C(C)CC)c(C(CC)c2cc(C(C)CC)c(C(C)CC)cc2C(C)CC)cc1C(C)CC. The quantitative estimate of drug-likeness (QED) is 0.214. The Morgan fingerprint density at radius 2 is 0.487 bits per heavy atom. The van der Waals surface area contributed by atoms with Crippen LogP contribution < -0.4 is 0 Å². The van der Waals surface area contributed by atoms with Crippen LogP contribution in [0.2, 0.25) is 0 Å². The highest BCUT2D eigenvalue weighted by Crippen LogP contribution is 2.45. The second-order valence-corrected chi connectivity index (χ2v) is 13.0. The van der Waals surface area contributed by atoms with E-state index in [-0.39, 0.29) is 0 Å². The lowest BCUT2D eigenvalue weighted by atomic mass is 9.73. The molecule has 0 aliphatic heterocycles. The molecule has 0 N–H and O–H groups in total. The largest absolute Gasteiger partial charge is 0.0648 e. The second kappa shape index (κ2) is 15.4. The third-order valence-corrected chi connectivity index (χ3v) is 10.6. The van der Waals surface area contributed by atoms with Crippen molar-refractivity contribution in [3.63, 3.8) is 0 Å². The number of rotatable bonds is 15. The fourth-order valence-electron chi connectivity index (χ4n) is 6.43. The van der Waals surface area contributed by atoms with Crippen molar-refractivity contribution in [3.8, 4) is 0 Å². The molecule has 0 heteroatoms. The van der Waals surface area contributed by atoms with Crippen LogP contribution in [0.3, 0.4) is 0 Å². The Morgan fingerprint density at radius 3 is 0.667 bits per heavy atom. The normalized spacial score (nSPS) is 17.4. The van der Waals surface area contributed by atoms with Gasteiger partial charge in [0.1, 0.15) is 0 Å². The van der Waals surface area contributed by atoms with Crippen LogP contribution in [0.1, 0.15) is 221 Å². The van der Waals surface area contributed by atoms with E-state index in [2.05, 4.69) is 114 Å². The molecule has 2 aromatic rings. The van der Waals surface area contributed by atoms with Crippen molar-refractivity contribution >= 4 is 0 Å². The Hall–Kier alpha value is -1.56. The molecular formula is C39H64. The molecule has 2 aromatic carbocycles. The standard InChI is InChI=1S/C39H64/c1-14-25(8)32-21-36(29(12)18-5)38(23-34(32)27(10)16-3)31(20-7)39-24-35(28(11)17-4)33(26(9)15-2)22-37(39)30(13)19-6/h21-31H,14-20H2,1-13H3. The summed E-state index contributed by atoms with van der Waals surface area (Å²) in [5.41, 5.74) is 12.9. The molecule has 0 aliphatic carbocycles. The van der Waals surface area contributed by atoms with Crippen molar-refractivity contribution in [1.29, 1.82) is 0 Å². The average Bonchev–Trinajstić information content (AvgIpc) is 2.98. The van der Waals surface area contributed by atoms with Gasteiger partial charge in [-0.2, -0.15) is 0 Å². The van der Waals surface area contributed by atoms with Crippen molar-refractivity contribution in [3.05, 3.63) is 68.8 Å².